The maximum Gasteiger partial charge on any atom is 0.433 e. The minimum atomic E-state index is -4.47. The van der Waals surface area contributed by atoms with Gasteiger partial charge in [-0.15, -0.1) is 4.09 Å². The van der Waals surface area contributed by atoms with E-state index in [1.54, 1.807) is 26.0 Å². The minimum absolute atomic E-state index is 0.149. The predicted molar refractivity (Wildman–Crippen MR) is 117 cm³/mol. The van der Waals surface area contributed by atoms with Gasteiger partial charge in [0, 0.05) is 32.4 Å². The van der Waals surface area contributed by atoms with Crippen molar-refractivity contribution in [3.8, 4) is 5.88 Å². The molecule has 2 atom stereocenters. The zero-order valence-corrected chi connectivity index (χ0v) is 20.2. The van der Waals surface area contributed by atoms with Gasteiger partial charge in [0.05, 0.1) is 18.3 Å². The molecule has 1 aliphatic heterocycles. The van der Waals surface area contributed by atoms with Crippen LogP contribution in [0.2, 0.25) is 0 Å². The van der Waals surface area contributed by atoms with Crippen molar-refractivity contribution in [1.29, 1.82) is 0 Å². The molecule has 33 heavy (non-hydrogen) atoms. The van der Waals surface area contributed by atoms with Crippen LogP contribution in [-0.4, -0.2) is 65.6 Å². The van der Waals surface area contributed by atoms with Crippen molar-refractivity contribution in [1.82, 2.24) is 23.4 Å². The van der Waals surface area contributed by atoms with Gasteiger partial charge in [0.1, 0.15) is 5.69 Å². The van der Waals surface area contributed by atoms with Crippen molar-refractivity contribution in [2.24, 2.45) is 5.92 Å². The Balaban J connectivity index is 1.75. The Bertz CT molecular complexity index is 1090. The molecule has 3 heterocycles. The maximum absolute atomic E-state index is 13.1. The fourth-order valence-electron chi connectivity index (χ4n) is 4.04. The van der Waals surface area contributed by atoms with E-state index in [-0.39, 0.29) is 17.8 Å². The van der Waals surface area contributed by atoms with E-state index in [0.29, 0.717) is 36.5 Å². The van der Waals surface area contributed by atoms with Gasteiger partial charge in [0.25, 0.3) is 0 Å². The summed E-state index contributed by atoms with van der Waals surface area (Å²) >= 11 is 0. The lowest BCUT2D eigenvalue weighted by atomic mass is 9.98. The molecule has 0 aliphatic carbocycles. The molecule has 3 rings (SSSR count). The van der Waals surface area contributed by atoms with Gasteiger partial charge in [-0.2, -0.15) is 31.0 Å². The largest absolute Gasteiger partial charge is 0.477 e. The van der Waals surface area contributed by atoms with Crippen LogP contribution in [0.5, 0.6) is 5.88 Å². The van der Waals surface area contributed by atoms with Crippen molar-refractivity contribution in [3.05, 3.63) is 40.8 Å². The molecule has 12 heteroatoms. The summed E-state index contributed by atoms with van der Waals surface area (Å²) in [6, 6.07) is 4.27. The molecule has 0 radical (unpaired) electrons. The molecule has 0 spiro atoms. The summed E-state index contributed by atoms with van der Waals surface area (Å²) in [5.41, 5.74) is 0.661. The first-order valence-electron chi connectivity index (χ1n) is 10.8. The number of alkyl halides is 3. The molecule has 8 nitrogen and oxygen atoms in total. The van der Waals surface area contributed by atoms with Gasteiger partial charge >= 0.3 is 16.4 Å². The fourth-order valence-corrected chi connectivity index (χ4v) is 4.88. The van der Waals surface area contributed by atoms with Gasteiger partial charge in [0.15, 0.2) is 0 Å². The minimum Gasteiger partial charge on any atom is -0.477 e. The Morgan fingerprint density at radius 1 is 1.27 bits per heavy atom. The second kappa shape index (κ2) is 9.59. The third-order valence-electron chi connectivity index (χ3n) is 5.76. The summed E-state index contributed by atoms with van der Waals surface area (Å²) in [5, 5.41) is 4.31. The molecule has 1 saturated heterocycles. The highest BCUT2D eigenvalue weighted by molar-refractivity contribution is 7.87. The van der Waals surface area contributed by atoms with Crippen molar-refractivity contribution in [2.45, 2.75) is 45.8 Å². The lowest BCUT2D eigenvalue weighted by Crippen LogP contribution is -2.31. The number of ether oxygens (including phenoxy) is 1. The third kappa shape index (κ3) is 5.67. The van der Waals surface area contributed by atoms with E-state index in [1.807, 2.05) is 6.92 Å². The number of rotatable bonds is 8. The molecule has 2 aromatic rings. The Hall–Kier alpha value is -2.18. The van der Waals surface area contributed by atoms with Gasteiger partial charge in [0.2, 0.25) is 5.88 Å². The molecule has 1 unspecified atom stereocenters. The van der Waals surface area contributed by atoms with Crippen molar-refractivity contribution < 1.29 is 26.3 Å². The van der Waals surface area contributed by atoms with Crippen LogP contribution in [0, 0.1) is 12.8 Å². The zero-order valence-electron chi connectivity index (χ0n) is 19.4. The zero-order chi connectivity index (χ0) is 24.6. The molecule has 0 aromatic carbocycles. The monoisotopic (exact) mass is 489 g/mol. The van der Waals surface area contributed by atoms with E-state index < -0.39 is 22.1 Å². The van der Waals surface area contributed by atoms with Crippen LogP contribution in [-0.2, 0) is 22.8 Å². The van der Waals surface area contributed by atoms with E-state index in [9.17, 15) is 21.6 Å². The molecule has 1 aliphatic rings. The van der Waals surface area contributed by atoms with Crippen molar-refractivity contribution in [2.75, 3.05) is 33.8 Å². The van der Waals surface area contributed by atoms with Crippen LogP contribution in [0.3, 0.4) is 0 Å². The number of aryl methyl sites for hydroxylation is 1. The average molecular weight is 490 g/mol. The van der Waals surface area contributed by atoms with Gasteiger partial charge in [-0.25, -0.2) is 4.98 Å². The Labute approximate surface area is 192 Å². The Kier molecular flexibility index (Phi) is 7.39. The number of hydrogen-bond donors (Lipinski definition) is 0. The highest BCUT2D eigenvalue weighted by Crippen LogP contribution is 2.33. The topological polar surface area (TPSA) is 80.6 Å². The summed E-state index contributed by atoms with van der Waals surface area (Å²) in [6.45, 7) is 6.96. The lowest BCUT2D eigenvalue weighted by molar-refractivity contribution is -0.141. The van der Waals surface area contributed by atoms with Gasteiger partial charge in [-0.05, 0) is 63.8 Å². The van der Waals surface area contributed by atoms with Crippen LogP contribution in [0.1, 0.15) is 49.0 Å². The first-order valence-corrected chi connectivity index (χ1v) is 12.2. The first kappa shape index (κ1) is 25.4. The first-order chi connectivity index (χ1) is 15.3. The van der Waals surface area contributed by atoms with Gasteiger partial charge in [-0.3, -0.25) is 4.90 Å². The van der Waals surface area contributed by atoms with Gasteiger partial charge < -0.3 is 4.74 Å². The summed E-state index contributed by atoms with van der Waals surface area (Å²) < 4.78 is 72.0. The fraction of sp³-hybridized carbons (Fsp3) is 0.619. The Morgan fingerprint density at radius 2 is 1.97 bits per heavy atom. The number of pyridine rings is 1. The summed E-state index contributed by atoms with van der Waals surface area (Å²) in [5.74, 6) is 0.324. The standard InChI is InChI=1S/C21H30F3N5O3S/c1-6-32-20-12-18(26-29(20)33(30,31)27(4)5)15(3)28-8-7-16(13-28)10-17-9-14(2)25-19(11-17)21(22,23)24/h9,11-12,15-16H,6-8,10,13H2,1-5H3/t15?,16-/m1/s1. The highest BCUT2D eigenvalue weighted by Gasteiger charge is 2.34. The summed E-state index contributed by atoms with van der Waals surface area (Å²) in [4.78, 5) is 5.77. The number of aromatic nitrogens is 3. The molecule has 0 amide bonds. The second-order valence-corrected chi connectivity index (χ2v) is 10.5. The third-order valence-corrected chi connectivity index (χ3v) is 7.38. The van der Waals surface area contributed by atoms with Crippen LogP contribution in [0.25, 0.3) is 0 Å². The SMILES string of the molecule is CCOc1cc(C(C)N2CC[C@H](Cc3cc(C)nc(C(F)(F)F)c3)C2)nn1S(=O)(=O)N(C)C. The molecule has 0 saturated carbocycles. The van der Waals surface area contributed by atoms with Crippen molar-refractivity contribution in [3.63, 3.8) is 0 Å². The molecule has 1 fully saturated rings. The normalized spacial score (nSPS) is 18.8. The van der Waals surface area contributed by atoms with E-state index in [4.69, 9.17) is 4.74 Å². The lowest BCUT2D eigenvalue weighted by Gasteiger charge is -2.23. The number of likely N-dealkylation sites (tertiary alicyclic amines) is 1. The molecular formula is C21H30F3N5O3S. The van der Waals surface area contributed by atoms with Crippen LogP contribution >= 0.6 is 0 Å². The summed E-state index contributed by atoms with van der Waals surface area (Å²) in [6.07, 6.45) is -3.13. The second-order valence-electron chi connectivity index (χ2n) is 8.50. The van der Waals surface area contributed by atoms with E-state index >= 15 is 0 Å². The van der Waals surface area contributed by atoms with E-state index in [1.165, 1.54) is 14.1 Å². The van der Waals surface area contributed by atoms with Gasteiger partial charge in [-0.1, -0.05) is 0 Å². The number of nitrogens with zero attached hydrogens (tertiary/aromatic N) is 5. The van der Waals surface area contributed by atoms with E-state index in [0.717, 1.165) is 27.4 Å². The molecule has 0 N–H and O–H groups in total. The molecular weight excluding hydrogens is 459 g/mol. The van der Waals surface area contributed by atoms with Crippen molar-refractivity contribution >= 4 is 10.2 Å². The van der Waals surface area contributed by atoms with E-state index in [2.05, 4.69) is 15.0 Å². The highest BCUT2D eigenvalue weighted by atomic mass is 32.2. The quantitative estimate of drug-likeness (QED) is 0.566. The molecule has 0 bridgehead atoms. The smallest absolute Gasteiger partial charge is 0.433 e. The van der Waals surface area contributed by atoms with Crippen LogP contribution < -0.4 is 4.74 Å². The van der Waals surface area contributed by atoms with Crippen LogP contribution in [0.4, 0.5) is 13.2 Å². The average Bonchev–Trinajstić information content (AvgIpc) is 3.34. The summed E-state index contributed by atoms with van der Waals surface area (Å²) in [7, 11) is -0.995. The predicted octanol–water partition coefficient (Wildman–Crippen LogP) is 3.28. The van der Waals surface area contributed by atoms with Crippen LogP contribution in [0.15, 0.2) is 18.2 Å². The molecule has 2 aromatic heterocycles. The maximum atomic E-state index is 13.1. The number of hydrogen-bond acceptors (Lipinski definition) is 6. The Morgan fingerprint density at radius 3 is 2.58 bits per heavy atom. The number of halogens is 3. The molecule has 184 valence electrons.